The van der Waals surface area contributed by atoms with Gasteiger partial charge < -0.3 is 15.8 Å². The third kappa shape index (κ3) is 5.84. The monoisotopic (exact) mass is 244 g/mol. The normalized spacial score (nSPS) is 19.8. The summed E-state index contributed by atoms with van der Waals surface area (Å²) in [6, 6.07) is 0.183. The van der Waals surface area contributed by atoms with Crippen LogP contribution in [0.3, 0.4) is 0 Å². The first-order valence-corrected chi connectivity index (χ1v) is 6.75. The maximum absolute atomic E-state index is 6.03. The zero-order valence-electron chi connectivity index (χ0n) is 12.8. The van der Waals surface area contributed by atoms with Crippen molar-refractivity contribution >= 4 is 0 Å². The first-order valence-electron chi connectivity index (χ1n) is 6.75. The maximum atomic E-state index is 6.03. The van der Waals surface area contributed by atoms with Gasteiger partial charge in [0.25, 0.3) is 0 Å². The van der Waals surface area contributed by atoms with Crippen LogP contribution in [0.4, 0.5) is 0 Å². The molecule has 0 aliphatic rings. The number of nitrogens with two attached hydrogens (primary N) is 1. The average Bonchev–Trinajstić information content (AvgIpc) is 2.23. The van der Waals surface area contributed by atoms with E-state index in [-0.39, 0.29) is 17.2 Å². The highest BCUT2D eigenvalue weighted by molar-refractivity contribution is 4.86. The molecule has 0 aliphatic carbocycles. The zero-order chi connectivity index (χ0) is 13.7. The van der Waals surface area contributed by atoms with Crippen molar-refractivity contribution in [1.29, 1.82) is 0 Å². The molecule has 104 valence electrons. The lowest BCUT2D eigenvalue weighted by Gasteiger charge is -2.37. The minimum absolute atomic E-state index is 0.134. The minimum Gasteiger partial charge on any atom is -0.375 e. The van der Waals surface area contributed by atoms with Crippen LogP contribution in [0.2, 0.25) is 0 Å². The SMILES string of the molecule is CCC(C)(NC)C(C)COC(C)(C)CC(C)N. The molecule has 0 aromatic heterocycles. The third-order valence-electron chi connectivity index (χ3n) is 3.93. The molecule has 0 aromatic rings. The Kier molecular flexibility index (Phi) is 6.67. The molecule has 0 amide bonds. The predicted octanol–water partition coefficient (Wildman–Crippen LogP) is 2.54. The van der Waals surface area contributed by atoms with Gasteiger partial charge in [-0.05, 0) is 53.5 Å². The molecule has 3 nitrogen and oxygen atoms in total. The van der Waals surface area contributed by atoms with Gasteiger partial charge in [-0.15, -0.1) is 0 Å². The van der Waals surface area contributed by atoms with E-state index in [1.807, 2.05) is 14.0 Å². The van der Waals surface area contributed by atoms with Crippen LogP contribution in [0.5, 0.6) is 0 Å². The molecule has 0 heterocycles. The zero-order valence-corrected chi connectivity index (χ0v) is 12.8. The van der Waals surface area contributed by atoms with Crippen molar-refractivity contribution in [2.75, 3.05) is 13.7 Å². The highest BCUT2D eigenvalue weighted by Gasteiger charge is 2.29. The van der Waals surface area contributed by atoms with Crippen molar-refractivity contribution in [1.82, 2.24) is 5.32 Å². The Labute approximate surface area is 107 Å². The van der Waals surface area contributed by atoms with E-state index >= 15 is 0 Å². The molecule has 0 aliphatic heterocycles. The quantitative estimate of drug-likeness (QED) is 0.690. The number of hydrogen-bond donors (Lipinski definition) is 2. The van der Waals surface area contributed by atoms with Crippen LogP contribution in [0.15, 0.2) is 0 Å². The predicted molar refractivity (Wildman–Crippen MR) is 75.2 cm³/mol. The van der Waals surface area contributed by atoms with Crippen LogP contribution >= 0.6 is 0 Å². The van der Waals surface area contributed by atoms with Crippen molar-refractivity contribution in [2.45, 2.75) is 71.6 Å². The topological polar surface area (TPSA) is 47.3 Å². The molecule has 0 saturated heterocycles. The molecule has 3 unspecified atom stereocenters. The summed E-state index contributed by atoms with van der Waals surface area (Å²) < 4.78 is 6.03. The van der Waals surface area contributed by atoms with E-state index in [4.69, 9.17) is 10.5 Å². The molecule has 0 radical (unpaired) electrons. The van der Waals surface area contributed by atoms with Gasteiger partial charge in [0.1, 0.15) is 0 Å². The second kappa shape index (κ2) is 6.72. The fourth-order valence-electron chi connectivity index (χ4n) is 2.14. The summed E-state index contributed by atoms with van der Waals surface area (Å²) in [5.41, 5.74) is 5.84. The number of rotatable bonds is 8. The summed E-state index contributed by atoms with van der Waals surface area (Å²) in [6.07, 6.45) is 1.99. The van der Waals surface area contributed by atoms with Crippen LogP contribution in [0, 0.1) is 5.92 Å². The second-order valence-corrected chi connectivity index (χ2v) is 6.17. The second-order valence-electron chi connectivity index (χ2n) is 6.17. The van der Waals surface area contributed by atoms with E-state index in [1.54, 1.807) is 0 Å². The molecule has 0 saturated carbocycles. The number of nitrogens with one attached hydrogen (secondary N) is 1. The number of ether oxygens (including phenoxy) is 1. The van der Waals surface area contributed by atoms with Gasteiger partial charge in [0.2, 0.25) is 0 Å². The van der Waals surface area contributed by atoms with Crippen molar-refractivity contribution in [3.05, 3.63) is 0 Å². The Morgan fingerprint density at radius 1 is 1.24 bits per heavy atom. The fraction of sp³-hybridized carbons (Fsp3) is 1.00. The smallest absolute Gasteiger partial charge is 0.0641 e. The van der Waals surface area contributed by atoms with Crippen LogP contribution in [0.1, 0.15) is 54.4 Å². The van der Waals surface area contributed by atoms with Crippen LogP contribution in [-0.4, -0.2) is 30.8 Å². The Morgan fingerprint density at radius 2 is 1.76 bits per heavy atom. The molecular weight excluding hydrogens is 212 g/mol. The summed E-state index contributed by atoms with van der Waals surface area (Å²) in [5, 5.41) is 3.40. The fourth-order valence-corrected chi connectivity index (χ4v) is 2.14. The van der Waals surface area contributed by atoms with Crippen LogP contribution in [0.25, 0.3) is 0 Å². The van der Waals surface area contributed by atoms with Gasteiger partial charge >= 0.3 is 0 Å². The molecule has 0 fully saturated rings. The molecule has 0 aromatic carbocycles. The summed E-state index contributed by atoms with van der Waals surface area (Å²) in [4.78, 5) is 0. The van der Waals surface area contributed by atoms with Gasteiger partial charge in [0, 0.05) is 11.6 Å². The van der Waals surface area contributed by atoms with Gasteiger partial charge in [0.05, 0.1) is 12.2 Å². The Hall–Kier alpha value is -0.120. The first kappa shape index (κ1) is 16.9. The molecule has 3 N–H and O–H groups in total. The van der Waals surface area contributed by atoms with Gasteiger partial charge in [-0.2, -0.15) is 0 Å². The number of hydrogen-bond acceptors (Lipinski definition) is 3. The van der Waals surface area contributed by atoms with E-state index in [9.17, 15) is 0 Å². The highest BCUT2D eigenvalue weighted by Crippen LogP contribution is 2.24. The lowest BCUT2D eigenvalue weighted by Crippen LogP contribution is -2.48. The molecule has 0 rings (SSSR count). The van der Waals surface area contributed by atoms with Crippen LogP contribution < -0.4 is 11.1 Å². The van der Waals surface area contributed by atoms with Gasteiger partial charge in [-0.25, -0.2) is 0 Å². The van der Waals surface area contributed by atoms with E-state index < -0.39 is 0 Å². The lowest BCUT2D eigenvalue weighted by molar-refractivity contribution is -0.0533. The Bertz CT molecular complexity index is 210. The minimum atomic E-state index is -0.134. The van der Waals surface area contributed by atoms with E-state index in [1.165, 1.54) is 0 Å². The van der Waals surface area contributed by atoms with E-state index in [0.29, 0.717) is 5.92 Å². The highest BCUT2D eigenvalue weighted by atomic mass is 16.5. The molecule has 3 heteroatoms. The summed E-state index contributed by atoms with van der Waals surface area (Å²) in [7, 11) is 2.02. The summed E-state index contributed by atoms with van der Waals surface area (Å²) >= 11 is 0. The van der Waals surface area contributed by atoms with Crippen molar-refractivity contribution < 1.29 is 4.74 Å². The van der Waals surface area contributed by atoms with Gasteiger partial charge in [0.15, 0.2) is 0 Å². The van der Waals surface area contributed by atoms with E-state index in [0.717, 1.165) is 19.4 Å². The molecule has 3 atom stereocenters. The first-order chi connectivity index (χ1) is 7.67. The Morgan fingerprint density at radius 3 is 2.12 bits per heavy atom. The van der Waals surface area contributed by atoms with Crippen molar-refractivity contribution in [3.63, 3.8) is 0 Å². The average molecular weight is 244 g/mol. The maximum Gasteiger partial charge on any atom is 0.0641 e. The molecule has 17 heavy (non-hydrogen) atoms. The molecule has 0 bridgehead atoms. The van der Waals surface area contributed by atoms with Crippen LogP contribution in [-0.2, 0) is 4.74 Å². The summed E-state index contributed by atoms with van der Waals surface area (Å²) in [6.45, 7) is 13.7. The van der Waals surface area contributed by atoms with Gasteiger partial charge in [-0.1, -0.05) is 13.8 Å². The Balaban J connectivity index is 4.27. The van der Waals surface area contributed by atoms with Crippen molar-refractivity contribution in [3.8, 4) is 0 Å². The molecule has 0 spiro atoms. The van der Waals surface area contributed by atoms with Crippen molar-refractivity contribution in [2.24, 2.45) is 11.7 Å². The lowest BCUT2D eigenvalue weighted by atomic mass is 9.85. The summed E-state index contributed by atoms with van der Waals surface area (Å²) in [5.74, 6) is 0.477. The molecular formula is C14H32N2O. The van der Waals surface area contributed by atoms with Gasteiger partial charge in [-0.3, -0.25) is 0 Å². The largest absolute Gasteiger partial charge is 0.375 e. The van der Waals surface area contributed by atoms with E-state index in [2.05, 4.69) is 39.9 Å². The standard InChI is InChI=1S/C14H32N2O/c1-8-14(6,16-7)11(2)10-17-13(4,5)9-12(3)15/h11-12,16H,8-10,15H2,1-7H3. The third-order valence-corrected chi connectivity index (χ3v) is 3.93.